The van der Waals surface area contributed by atoms with E-state index in [9.17, 15) is 22.4 Å². The molecular weight excluding hydrogens is 242 g/mol. The Morgan fingerprint density at radius 2 is 2.00 bits per heavy atom. The number of hydrogen-bond acceptors (Lipinski definition) is 2. The van der Waals surface area contributed by atoms with Crippen molar-refractivity contribution in [1.82, 2.24) is 4.90 Å². The number of nitrogens with zero attached hydrogens (tertiary/aromatic N) is 1. The smallest absolute Gasteiger partial charge is 0.383 e. The van der Waals surface area contributed by atoms with Crippen LogP contribution in [0.2, 0.25) is 0 Å². The molecule has 0 aromatic rings. The van der Waals surface area contributed by atoms with Crippen LogP contribution >= 0.6 is 0 Å². The van der Waals surface area contributed by atoms with E-state index in [0.29, 0.717) is 12.8 Å². The van der Waals surface area contributed by atoms with E-state index in [2.05, 4.69) is 0 Å². The Kier molecular flexibility index (Phi) is 4.73. The van der Waals surface area contributed by atoms with Gasteiger partial charge in [0.1, 0.15) is 0 Å². The van der Waals surface area contributed by atoms with Gasteiger partial charge in [-0.25, -0.2) is 8.78 Å². The van der Waals surface area contributed by atoms with E-state index in [1.807, 2.05) is 0 Å². The molecule has 0 aliphatic heterocycles. The van der Waals surface area contributed by atoms with Gasteiger partial charge < -0.3 is 10.0 Å². The molecule has 3 nitrogen and oxygen atoms in total. The van der Waals surface area contributed by atoms with E-state index in [4.69, 9.17) is 5.11 Å². The SMILES string of the molecule is O=C(N(CCCO)C1CCC1)C(F)(F)C(F)F. The van der Waals surface area contributed by atoms with Crippen LogP contribution in [0.4, 0.5) is 17.6 Å². The van der Waals surface area contributed by atoms with Gasteiger partial charge in [0.25, 0.3) is 5.91 Å². The number of aliphatic hydroxyl groups excluding tert-OH is 1. The fraction of sp³-hybridized carbons (Fsp3) is 0.900. The minimum Gasteiger partial charge on any atom is -0.396 e. The summed E-state index contributed by atoms with van der Waals surface area (Å²) in [5.74, 6) is -6.46. The van der Waals surface area contributed by atoms with Crippen molar-refractivity contribution in [3.8, 4) is 0 Å². The summed E-state index contributed by atoms with van der Waals surface area (Å²) >= 11 is 0. The van der Waals surface area contributed by atoms with E-state index < -0.39 is 24.3 Å². The molecule has 0 saturated heterocycles. The van der Waals surface area contributed by atoms with Crippen LogP contribution in [-0.4, -0.2) is 47.5 Å². The highest BCUT2D eigenvalue weighted by atomic mass is 19.3. The van der Waals surface area contributed by atoms with E-state index in [-0.39, 0.29) is 19.6 Å². The van der Waals surface area contributed by atoms with Gasteiger partial charge in [0.15, 0.2) is 0 Å². The van der Waals surface area contributed by atoms with Crippen LogP contribution in [0, 0.1) is 0 Å². The van der Waals surface area contributed by atoms with Crippen molar-refractivity contribution < 1.29 is 27.5 Å². The van der Waals surface area contributed by atoms with Crippen molar-refractivity contribution >= 4 is 5.91 Å². The fourth-order valence-corrected chi connectivity index (χ4v) is 1.67. The number of rotatable bonds is 6. The molecule has 1 fully saturated rings. The largest absolute Gasteiger partial charge is 0.396 e. The Balaban J connectivity index is 2.71. The monoisotopic (exact) mass is 257 g/mol. The number of alkyl halides is 4. The van der Waals surface area contributed by atoms with Crippen molar-refractivity contribution in [3.63, 3.8) is 0 Å². The highest BCUT2D eigenvalue weighted by molar-refractivity contribution is 5.84. The molecule has 0 atom stereocenters. The van der Waals surface area contributed by atoms with Gasteiger partial charge in [0.2, 0.25) is 0 Å². The maximum atomic E-state index is 12.9. The molecule has 1 amide bonds. The lowest BCUT2D eigenvalue weighted by Gasteiger charge is -2.39. The molecule has 1 aliphatic carbocycles. The average molecular weight is 257 g/mol. The Bertz CT molecular complexity index is 269. The molecule has 1 aliphatic rings. The molecule has 0 heterocycles. The fourth-order valence-electron chi connectivity index (χ4n) is 1.67. The summed E-state index contributed by atoms with van der Waals surface area (Å²) in [6, 6.07) is -0.390. The van der Waals surface area contributed by atoms with Gasteiger partial charge in [-0.15, -0.1) is 0 Å². The lowest BCUT2D eigenvalue weighted by Crippen LogP contribution is -2.54. The predicted molar refractivity (Wildman–Crippen MR) is 52.0 cm³/mol. The van der Waals surface area contributed by atoms with Gasteiger partial charge in [0.05, 0.1) is 0 Å². The molecule has 17 heavy (non-hydrogen) atoms. The molecule has 0 aromatic carbocycles. The van der Waals surface area contributed by atoms with Crippen molar-refractivity contribution in [1.29, 1.82) is 0 Å². The molecule has 0 radical (unpaired) electrons. The zero-order chi connectivity index (χ0) is 13.1. The second kappa shape index (κ2) is 5.66. The summed E-state index contributed by atoms with van der Waals surface area (Å²) < 4.78 is 50.0. The van der Waals surface area contributed by atoms with Gasteiger partial charge in [-0.3, -0.25) is 4.79 Å². The van der Waals surface area contributed by atoms with Crippen LogP contribution in [0.15, 0.2) is 0 Å². The molecule has 7 heteroatoms. The average Bonchev–Trinajstić information content (AvgIpc) is 2.19. The number of carbonyl (C=O) groups is 1. The van der Waals surface area contributed by atoms with Crippen LogP contribution in [-0.2, 0) is 4.79 Å². The Morgan fingerprint density at radius 1 is 1.41 bits per heavy atom. The summed E-state index contributed by atoms with van der Waals surface area (Å²) in [5, 5.41) is 8.61. The molecule has 1 N–H and O–H groups in total. The Hall–Kier alpha value is -0.850. The summed E-state index contributed by atoms with van der Waals surface area (Å²) in [7, 11) is 0. The van der Waals surface area contributed by atoms with Gasteiger partial charge in [-0.1, -0.05) is 0 Å². The summed E-state index contributed by atoms with van der Waals surface area (Å²) in [6.07, 6.45) is -1.98. The van der Waals surface area contributed by atoms with Crippen LogP contribution in [0.5, 0.6) is 0 Å². The maximum Gasteiger partial charge on any atom is 0.383 e. The number of hydrogen-bond donors (Lipinski definition) is 1. The molecule has 0 bridgehead atoms. The first-order valence-corrected chi connectivity index (χ1v) is 5.49. The second-order valence-corrected chi connectivity index (χ2v) is 4.08. The van der Waals surface area contributed by atoms with Crippen molar-refractivity contribution in [2.24, 2.45) is 0 Å². The van der Waals surface area contributed by atoms with Crippen molar-refractivity contribution in [3.05, 3.63) is 0 Å². The molecule has 1 saturated carbocycles. The topological polar surface area (TPSA) is 40.5 Å². The number of halogens is 4. The van der Waals surface area contributed by atoms with Crippen molar-refractivity contribution in [2.75, 3.05) is 13.2 Å². The quantitative estimate of drug-likeness (QED) is 0.735. The van der Waals surface area contributed by atoms with E-state index in [1.54, 1.807) is 0 Å². The highest BCUT2D eigenvalue weighted by Crippen LogP contribution is 2.31. The first kappa shape index (κ1) is 14.2. The zero-order valence-electron chi connectivity index (χ0n) is 9.21. The third-order valence-corrected chi connectivity index (χ3v) is 2.89. The third-order valence-electron chi connectivity index (χ3n) is 2.89. The summed E-state index contributed by atoms with van der Waals surface area (Å²) in [5.41, 5.74) is 0. The van der Waals surface area contributed by atoms with E-state index >= 15 is 0 Å². The van der Waals surface area contributed by atoms with Crippen LogP contribution in [0.25, 0.3) is 0 Å². The Morgan fingerprint density at radius 3 is 2.35 bits per heavy atom. The third kappa shape index (κ3) is 3.08. The van der Waals surface area contributed by atoms with Crippen LogP contribution < -0.4 is 0 Å². The normalized spacial score (nSPS) is 17.1. The molecule has 100 valence electrons. The Labute approximate surface area is 96.4 Å². The minimum atomic E-state index is -4.63. The molecule has 0 unspecified atom stereocenters. The van der Waals surface area contributed by atoms with Gasteiger partial charge in [-0.05, 0) is 25.7 Å². The van der Waals surface area contributed by atoms with Gasteiger partial charge in [-0.2, -0.15) is 8.78 Å². The maximum absolute atomic E-state index is 12.9. The summed E-state index contributed by atoms with van der Waals surface area (Å²) in [6.45, 7) is -0.376. The van der Waals surface area contributed by atoms with Gasteiger partial charge >= 0.3 is 12.3 Å². The summed E-state index contributed by atoms with van der Waals surface area (Å²) in [4.78, 5) is 12.1. The predicted octanol–water partition coefficient (Wildman–Crippen LogP) is 1.65. The highest BCUT2D eigenvalue weighted by Gasteiger charge is 2.52. The van der Waals surface area contributed by atoms with E-state index in [0.717, 1.165) is 11.3 Å². The number of carbonyl (C=O) groups excluding carboxylic acids is 1. The molecule has 0 spiro atoms. The van der Waals surface area contributed by atoms with Crippen molar-refractivity contribution in [2.45, 2.75) is 44.1 Å². The first-order chi connectivity index (χ1) is 7.91. The van der Waals surface area contributed by atoms with Crippen LogP contribution in [0.3, 0.4) is 0 Å². The lowest BCUT2D eigenvalue weighted by molar-refractivity contribution is -0.184. The molecular formula is C10H15F4NO2. The van der Waals surface area contributed by atoms with Gasteiger partial charge in [0, 0.05) is 19.2 Å². The van der Waals surface area contributed by atoms with E-state index in [1.165, 1.54) is 0 Å². The lowest BCUT2D eigenvalue weighted by atomic mass is 9.91. The minimum absolute atomic E-state index is 0.109. The zero-order valence-corrected chi connectivity index (χ0v) is 9.21. The standard InChI is InChI=1S/C10H15F4NO2/c11-8(12)10(13,14)9(17)15(5-2-6-16)7-3-1-4-7/h7-8,16H,1-6H2. The second-order valence-electron chi connectivity index (χ2n) is 4.08. The first-order valence-electron chi connectivity index (χ1n) is 5.49. The number of aliphatic hydroxyl groups is 1. The van der Waals surface area contributed by atoms with Crippen LogP contribution in [0.1, 0.15) is 25.7 Å². The molecule has 0 aromatic heterocycles. The number of amides is 1. The molecule has 1 rings (SSSR count).